The van der Waals surface area contributed by atoms with Gasteiger partial charge in [-0.2, -0.15) is 0 Å². The van der Waals surface area contributed by atoms with Gasteiger partial charge in [0.1, 0.15) is 0 Å². The molecule has 1 aliphatic rings. The number of pyridine rings is 1. The maximum absolute atomic E-state index is 11.9. The molecule has 86 valence electrons. The number of thioether (sulfide) groups is 1. The smallest absolute Gasteiger partial charge is 0.257 e. The van der Waals surface area contributed by atoms with E-state index in [0.29, 0.717) is 10.7 Å². The second-order valence-electron chi connectivity index (χ2n) is 3.63. The van der Waals surface area contributed by atoms with E-state index in [9.17, 15) is 4.79 Å². The second-order valence-corrected chi connectivity index (χ2v) is 4.71. The van der Waals surface area contributed by atoms with Gasteiger partial charge in [0.25, 0.3) is 5.91 Å². The summed E-state index contributed by atoms with van der Waals surface area (Å²) in [6, 6.07) is 3.58. The van der Waals surface area contributed by atoms with Gasteiger partial charge in [-0.15, -0.1) is 0 Å². The summed E-state index contributed by atoms with van der Waals surface area (Å²) < 4.78 is 1.86. The van der Waals surface area contributed by atoms with Crippen molar-refractivity contribution in [2.45, 2.75) is 0 Å². The highest BCUT2D eigenvalue weighted by molar-refractivity contribution is 8.14. The molecule has 1 N–H and O–H groups in total. The molecule has 2 aromatic heterocycles. The van der Waals surface area contributed by atoms with Crippen molar-refractivity contribution in [2.75, 3.05) is 12.3 Å². The molecule has 0 spiro atoms. The minimum Gasteiger partial charge on any atom is -0.306 e. The molecule has 0 aromatic carbocycles. The van der Waals surface area contributed by atoms with E-state index in [1.165, 1.54) is 0 Å². The number of carbonyl (C=O) groups excluding carboxylic acids is 1. The van der Waals surface area contributed by atoms with Crippen LogP contribution in [0, 0.1) is 0 Å². The molecule has 0 saturated heterocycles. The van der Waals surface area contributed by atoms with Crippen molar-refractivity contribution in [2.24, 2.45) is 4.99 Å². The molecule has 5 nitrogen and oxygen atoms in total. The Kier molecular flexibility index (Phi) is 2.56. The lowest BCUT2D eigenvalue weighted by molar-refractivity contribution is 0.0978. The van der Waals surface area contributed by atoms with Gasteiger partial charge in [0.15, 0.2) is 5.17 Å². The van der Waals surface area contributed by atoms with Crippen molar-refractivity contribution in [3.8, 4) is 0 Å². The summed E-state index contributed by atoms with van der Waals surface area (Å²) in [5.41, 5.74) is 1.52. The number of rotatable bonds is 1. The molecule has 0 saturated carbocycles. The molecule has 1 aliphatic heterocycles. The number of amidine groups is 1. The van der Waals surface area contributed by atoms with E-state index in [0.717, 1.165) is 17.8 Å². The van der Waals surface area contributed by atoms with Crippen LogP contribution in [0.4, 0.5) is 0 Å². The molecule has 3 heterocycles. The molecular weight excluding hydrogens is 236 g/mol. The van der Waals surface area contributed by atoms with Crippen molar-refractivity contribution in [3.63, 3.8) is 0 Å². The summed E-state index contributed by atoms with van der Waals surface area (Å²) in [5.74, 6) is 0.818. The van der Waals surface area contributed by atoms with Crippen molar-refractivity contribution in [1.29, 1.82) is 0 Å². The summed E-state index contributed by atoms with van der Waals surface area (Å²) in [6.45, 7) is 0.780. The van der Waals surface area contributed by atoms with Crippen LogP contribution in [0.1, 0.15) is 10.4 Å². The molecule has 0 fully saturated rings. The Morgan fingerprint density at radius 2 is 2.47 bits per heavy atom. The highest BCUT2D eigenvalue weighted by atomic mass is 32.2. The maximum Gasteiger partial charge on any atom is 0.257 e. The maximum atomic E-state index is 11.9. The van der Waals surface area contributed by atoms with Crippen LogP contribution in [0.3, 0.4) is 0 Å². The van der Waals surface area contributed by atoms with Crippen LogP contribution in [0.5, 0.6) is 0 Å². The first kappa shape index (κ1) is 10.3. The van der Waals surface area contributed by atoms with Crippen LogP contribution >= 0.6 is 11.8 Å². The number of imidazole rings is 1. The van der Waals surface area contributed by atoms with E-state index in [2.05, 4.69) is 15.3 Å². The Morgan fingerprint density at radius 1 is 1.53 bits per heavy atom. The van der Waals surface area contributed by atoms with Crippen molar-refractivity contribution in [3.05, 3.63) is 36.4 Å². The minimum atomic E-state index is -0.123. The van der Waals surface area contributed by atoms with Gasteiger partial charge >= 0.3 is 0 Å². The summed E-state index contributed by atoms with van der Waals surface area (Å²) >= 11 is 1.57. The monoisotopic (exact) mass is 246 g/mol. The molecular formula is C11H10N4OS. The largest absolute Gasteiger partial charge is 0.306 e. The Morgan fingerprint density at radius 3 is 3.29 bits per heavy atom. The first-order chi connectivity index (χ1) is 8.33. The Bertz CT molecular complexity index is 604. The van der Waals surface area contributed by atoms with E-state index >= 15 is 0 Å². The van der Waals surface area contributed by atoms with Gasteiger partial charge < -0.3 is 9.72 Å². The van der Waals surface area contributed by atoms with Gasteiger partial charge in [0, 0.05) is 17.5 Å². The quantitative estimate of drug-likeness (QED) is 0.821. The number of fused-ring (bicyclic) bond motifs is 1. The average molecular weight is 246 g/mol. The van der Waals surface area contributed by atoms with E-state index in [4.69, 9.17) is 0 Å². The van der Waals surface area contributed by atoms with E-state index in [1.54, 1.807) is 30.4 Å². The predicted octanol–water partition coefficient (Wildman–Crippen LogP) is 1.17. The number of carbonyl (C=O) groups is 1. The number of hydrogen-bond donors (Lipinski definition) is 1. The molecule has 6 heteroatoms. The third-order valence-electron chi connectivity index (χ3n) is 2.48. The lowest BCUT2D eigenvalue weighted by Gasteiger charge is -2.04. The fraction of sp³-hybridized carbons (Fsp3) is 0.182. The lowest BCUT2D eigenvalue weighted by atomic mass is 10.2. The fourth-order valence-electron chi connectivity index (χ4n) is 1.64. The number of nitrogens with one attached hydrogen (secondary N) is 1. The Hall–Kier alpha value is -1.82. The van der Waals surface area contributed by atoms with Gasteiger partial charge in [-0.25, -0.2) is 4.98 Å². The first-order valence-electron chi connectivity index (χ1n) is 5.23. The predicted molar refractivity (Wildman–Crippen MR) is 67.4 cm³/mol. The Labute approximate surface area is 102 Å². The number of amides is 1. The zero-order chi connectivity index (χ0) is 11.7. The normalized spacial score (nSPS) is 14.9. The summed E-state index contributed by atoms with van der Waals surface area (Å²) in [7, 11) is 0. The molecule has 0 aliphatic carbocycles. The molecule has 0 radical (unpaired) electrons. The van der Waals surface area contributed by atoms with Crippen LogP contribution in [-0.4, -0.2) is 32.8 Å². The van der Waals surface area contributed by atoms with E-state index in [1.807, 2.05) is 16.7 Å². The van der Waals surface area contributed by atoms with Gasteiger partial charge in [-0.3, -0.25) is 9.79 Å². The topological polar surface area (TPSA) is 58.8 Å². The second kappa shape index (κ2) is 4.21. The molecule has 0 atom stereocenters. The van der Waals surface area contributed by atoms with Crippen molar-refractivity contribution >= 4 is 28.4 Å². The van der Waals surface area contributed by atoms with Crippen LogP contribution in [0.25, 0.3) is 5.52 Å². The van der Waals surface area contributed by atoms with E-state index in [-0.39, 0.29) is 5.91 Å². The molecule has 0 bridgehead atoms. The number of hydrogen-bond acceptors (Lipinski definition) is 4. The molecule has 0 unspecified atom stereocenters. The SMILES string of the molecule is O=C(NC1=NCCS1)c1ccn2cncc2c1. The van der Waals surface area contributed by atoms with Crippen LogP contribution in [-0.2, 0) is 0 Å². The van der Waals surface area contributed by atoms with Crippen LogP contribution < -0.4 is 5.32 Å². The van der Waals surface area contributed by atoms with Crippen LogP contribution in [0.2, 0.25) is 0 Å². The van der Waals surface area contributed by atoms with Crippen LogP contribution in [0.15, 0.2) is 35.8 Å². The fourth-order valence-corrected chi connectivity index (χ4v) is 2.36. The molecule has 1 amide bonds. The van der Waals surface area contributed by atoms with Gasteiger partial charge in [-0.1, -0.05) is 11.8 Å². The minimum absolute atomic E-state index is 0.123. The highest BCUT2D eigenvalue weighted by Gasteiger charge is 2.12. The standard InChI is InChI=1S/C11H10N4OS/c16-10(14-11-13-2-4-17-11)8-1-3-15-7-12-6-9(15)5-8/h1,3,5-7H,2,4H2,(H,13,14,16). The zero-order valence-corrected chi connectivity index (χ0v) is 9.78. The van der Waals surface area contributed by atoms with Gasteiger partial charge in [0.05, 0.1) is 24.6 Å². The van der Waals surface area contributed by atoms with Crippen molar-refractivity contribution < 1.29 is 4.79 Å². The van der Waals surface area contributed by atoms with Crippen molar-refractivity contribution in [1.82, 2.24) is 14.7 Å². The lowest BCUT2D eigenvalue weighted by Crippen LogP contribution is -2.27. The summed E-state index contributed by atoms with van der Waals surface area (Å²) in [6.07, 6.45) is 5.24. The molecule has 17 heavy (non-hydrogen) atoms. The molecule has 3 rings (SSSR count). The highest BCUT2D eigenvalue weighted by Crippen LogP contribution is 2.11. The number of aromatic nitrogens is 2. The molecule has 2 aromatic rings. The van der Waals surface area contributed by atoms with Gasteiger partial charge in [-0.05, 0) is 12.1 Å². The zero-order valence-electron chi connectivity index (χ0n) is 8.96. The number of nitrogens with zero attached hydrogens (tertiary/aromatic N) is 3. The number of aliphatic imine (C=N–C) groups is 1. The summed E-state index contributed by atoms with van der Waals surface area (Å²) in [4.78, 5) is 20.1. The average Bonchev–Trinajstić information content (AvgIpc) is 2.97. The Balaban J connectivity index is 1.84. The summed E-state index contributed by atoms with van der Waals surface area (Å²) in [5, 5.41) is 3.51. The van der Waals surface area contributed by atoms with Gasteiger partial charge in [0.2, 0.25) is 0 Å². The third kappa shape index (κ3) is 2.03. The first-order valence-corrected chi connectivity index (χ1v) is 6.22. The third-order valence-corrected chi connectivity index (χ3v) is 3.37. The van der Waals surface area contributed by atoms with E-state index < -0.39 is 0 Å².